The van der Waals surface area contributed by atoms with Gasteiger partial charge in [0.25, 0.3) is 0 Å². The number of esters is 1. The number of aryl methyl sites for hydroxylation is 3. The Bertz CT molecular complexity index is 634. The summed E-state index contributed by atoms with van der Waals surface area (Å²) < 4.78 is 4.74. The number of fused-ring (bicyclic) bond motifs is 1. The zero-order chi connectivity index (χ0) is 15.2. The van der Waals surface area contributed by atoms with Gasteiger partial charge in [0.1, 0.15) is 0 Å². The highest BCUT2D eigenvalue weighted by Gasteiger charge is 2.08. The minimum atomic E-state index is -0.167. The van der Waals surface area contributed by atoms with Crippen molar-refractivity contribution in [3.8, 4) is 0 Å². The van der Waals surface area contributed by atoms with Gasteiger partial charge in [-0.15, -0.1) is 0 Å². The number of nitrogens with zero attached hydrogens (tertiary/aromatic N) is 1. The summed E-state index contributed by atoms with van der Waals surface area (Å²) in [5.74, 6) is -0.167. The molecule has 0 amide bonds. The van der Waals surface area contributed by atoms with Crippen molar-refractivity contribution >= 4 is 16.9 Å². The summed E-state index contributed by atoms with van der Waals surface area (Å²) in [4.78, 5) is 16.0. The Morgan fingerprint density at radius 3 is 2.76 bits per heavy atom. The zero-order valence-corrected chi connectivity index (χ0v) is 13.1. The van der Waals surface area contributed by atoms with Crippen LogP contribution in [0.5, 0.6) is 0 Å². The van der Waals surface area contributed by atoms with Crippen LogP contribution < -0.4 is 0 Å². The van der Waals surface area contributed by atoms with Crippen LogP contribution in [0.25, 0.3) is 10.9 Å². The lowest BCUT2D eigenvalue weighted by Crippen LogP contribution is -2.03. The lowest BCUT2D eigenvalue weighted by atomic mass is 9.99. The van der Waals surface area contributed by atoms with Gasteiger partial charge in [-0.05, 0) is 55.5 Å². The molecule has 1 heterocycles. The highest BCUT2D eigenvalue weighted by atomic mass is 16.5. The fraction of sp³-hybridized carbons (Fsp3) is 0.444. The Balaban J connectivity index is 2.34. The van der Waals surface area contributed by atoms with Crippen LogP contribution in [0.2, 0.25) is 0 Å². The monoisotopic (exact) mass is 285 g/mol. The van der Waals surface area contributed by atoms with E-state index in [2.05, 4.69) is 36.2 Å². The summed E-state index contributed by atoms with van der Waals surface area (Å²) in [6, 6.07) is 8.56. The molecule has 0 aliphatic rings. The SMILES string of the molecule is CCCCc1ccc2nc(C)cc(CCC(=O)OC)c2c1. The number of unbranched alkanes of at least 4 members (excludes halogenated alkanes) is 1. The molecule has 0 fully saturated rings. The average molecular weight is 285 g/mol. The quantitative estimate of drug-likeness (QED) is 0.753. The third-order valence-corrected chi connectivity index (χ3v) is 3.73. The van der Waals surface area contributed by atoms with Crippen LogP contribution in [0.15, 0.2) is 24.3 Å². The van der Waals surface area contributed by atoms with Gasteiger partial charge in [-0.2, -0.15) is 0 Å². The van der Waals surface area contributed by atoms with Crippen LogP contribution in [0, 0.1) is 6.92 Å². The van der Waals surface area contributed by atoms with E-state index in [1.807, 2.05) is 6.92 Å². The molecule has 21 heavy (non-hydrogen) atoms. The van der Waals surface area contributed by atoms with Crippen molar-refractivity contribution in [1.29, 1.82) is 0 Å². The maximum absolute atomic E-state index is 11.4. The molecule has 0 aliphatic carbocycles. The van der Waals surface area contributed by atoms with Crippen LogP contribution in [0.1, 0.15) is 43.0 Å². The van der Waals surface area contributed by atoms with Crippen molar-refractivity contribution < 1.29 is 9.53 Å². The van der Waals surface area contributed by atoms with E-state index in [0.717, 1.165) is 23.0 Å². The molecule has 0 bridgehead atoms. The standard InChI is InChI=1S/C18H23NO2/c1-4-5-6-14-7-9-17-16(12-14)15(11-13(2)19-17)8-10-18(20)21-3/h7,9,11-12H,4-6,8,10H2,1-3H3. The summed E-state index contributed by atoms with van der Waals surface area (Å²) in [6.07, 6.45) is 4.59. The van der Waals surface area contributed by atoms with E-state index in [-0.39, 0.29) is 5.97 Å². The van der Waals surface area contributed by atoms with Gasteiger partial charge in [-0.3, -0.25) is 9.78 Å². The van der Waals surface area contributed by atoms with E-state index in [0.29, 0.717) is 12.8 Å². The first-order chi connectivity index (χ1) is 10.1. The third kappa shape index (κ3) is 4.03. The van der Waals surface area contributed by atoms with Gasteiger partial charge in [-0.1, -0.05) is 19.4 Å². The second kappa shape index (κ2) is 7.21. The van der Waals surface area contributed by atoms with E-state index >= 15 is 0 Å². The molecule has 1 aromatic heterocycles. The number of pyridine rings is 1. The Morgan fingerprint density at radius 2 is 2.05 bits per heavy atom. The fourth-order valence-corrected chi connectivity index (χ4v) is 2.57. The van der Waals surface area contributed by atoms with Gasteiger partial charge < -0.3 is 4.74 Å². The molecule has 3 heteroatoms. The summed E-state index contributed by atoms with van der Waals surface area (Å²) >= 11 is 0. The molecule has 0 saturated heterocycles. The van der Waals surface area contributed by atoms with Crippen LogP contribution >= 0.6 is 0 Å². The van der Waals surface area contributed by atoms with Crippen LogP contribution in [0.3, 0.4) is 0 Å². The van der Waals surface area contributed by atoms with Gasteiger partial charge in [0.2, 0.25) is 0 Å². The number of hydrogen-bond acceptors (Lipinski definition) is 3. The predicted molar refractivity (Wildman–Crippen MR) is 85.4 cm³/mol. The van der Waals surface area contributed by atoms with E-state index in [1.54, 1.807) is 0 Å². The predicted octanol–water partition coefficient (Wildman–Crippen LogP) is 3.99. The first-order valence-electron chi connectivity index (χ1n) is 7.60. The second-order valence-corrected chi connectivity index (χ2v) is 5.45. The van der Waals surface area contributed by atoms with Crippen LogP contribution in [0.4, 0.5) is 0 Å². The van der Waals surface area contributed by atoms with Crippen LogP contribution in [-0.2, 0) is 22.4 Å². The molecule has 2 aromatic rings. The maximum atomic E-state index is 11.4. The average Bonchev–Trinajstić information content (AvgIpc) is 2.50. The highest BCUT2D eigenvalue weighted by Crippen LogP contribution is 2.22. The molecule has 0 aliphatic heterocycles. The smallest absolute Gasteiger partial charge is 0.305 e. The minimum absolute atomic E-state index is 0.167. The first-order valence-corrected chi connectivity index (χ1v) is 7.60. The summed E-state index contributed by atoms with van der Waals surface area (Å²) in [7, 11) is 1.43. The maximum Gasteiger partial charge on any atom is 0.305 e. The van der Waals surface area contributed by atoms with E-state index in [4.69, 9.17) is 4.74 Å². The highest BCUT2D eigenvalue weighted by molar-refractivity contribution is 5.83. The number of rotatable bonds is 6. The van der Waals surface area contributed by atoms with Crippen molar-refractivity contribution in [2.75, 3.05) is 7.11 Å². The number of benzene rings is 1. The van der Waals surface area contributed by atoms with Crippen molar-refractivity contribution in [2.24, 2.45) is 0 Å². The van der Waals surface area contributed by atoms with Gasteiger partial charge in [0, 0.05) is 17.5 Å². The Morgan fingerprint density at radius 1 is 1.24 bits per heavy atom. The number of hydrogen-bond donors (Lipinski definition) is 0. The molecule has 1 aromatic carbocycles. The van der Waals surface area contributed by atoms with Crippen molar-refractivity contribution in [1.82, 2.24) is 4.98 Å². The fourth-order valence-electron chi connectivity index (χ4n) is 2.57. The zero-order valence-electron chi connectivity index (χ0n) is 13.1. The molecular weight excluding hydrogens is 262 g/mol. The lowest BCUT2D eigenvalue weighted by Gasteiger charge is -2.09. The van der Waals surface area contributed by atoms with Gasteiger partial charge >= 0.3 is 5.97 Å². The lowest BCUT2D eigenvalue weighted by molar-refractivity contribution is -0.140. The molecule has 0 saturated carbocycles. The van der Waals surface area contributed by atoms with Crippen molar-refractivity contribution in [3.63, 3.8) is 0 Å². The van der Waals surface area contributed by atoms with Crippen LogP contribution in [-0.4, -0.2) is 18.1 Å². The van der Waals surface area contributed by atoms with E-state index in [1.165, 1.54) is 31.1 Å². The molecule has 0 unspecified atom stereocenters. The number of aromatic nitrogens is 1. The van der Waals surface area contributed by atoms with Gasteiger partial charge in [-0.25, -0.2) is 0 Å². The second-order valence-electron chi connectivity index (χ2n) is 5.45. The molecule has 0 radical (unpaired) electrons. The van der Waals surface area contributed by atoms with Gasteiger partial charge in [0.15, 0.2) is 0 Å². The number of carbonyl (C=O) groups excluding carboxylic acids is 1. The molecule has 112 valence electrons. The Labute approximate surface area is 126 Å². The molecular formula is C18H23NO2. The topological polar surface area (TPSA) is 39.2 Å². The van der Waals surface area contributed by atoms with Gasteiger partial charge in [0.05, 0.1) is 12.6 Å². The molecule has 3 nitrogen and oxygen atoms in total. The molecule has 0 spiro atoms. The molecule has 2 rings (SSSR count). The van der Waals surface area contributed by atoms with E-state index < -0.39 is 0 Å². The normalized spacial score (nSPS) is 10.8. The summed E-state index contributed by atoms with van der Waals surface area (Å²) in [6.45, 7) is 4.19. The Hall–Kier alpha value is -1.90. The largest absolute Gasteiger partial charge is 0.469 e. The Kier molecular flexibility index (Phi) is 5.32. The third-order valence-electron chi connectivity index (χ3n) is 3.73. The summed E-state index contributed by atoms with van der Waals surface area (Å²) in [5.41, 5.74) is 4.52. The van der Waals surface area contributed by atoms with Crippen molar-refractivity contribution in [3.05, 3.63) is 41.1 Å². The van der Waals surface area contributed by atoms with E-state index in [9.17, 15) is 4.79 Å². The minimum Gasteiger partial charge on any atom is -0.469 e. The molecule has 0 N–H and O–H groups in total. The summed E-state index contributed by atoms with van der Waals surface area (Å²) in [5, 5.41) is 1.16. The number of carbonyl (C=O) groups is 1. The number of methoxy groups -OCH3 is 1. The molecule has 0 atom stereocenters. The van der Waals surface area contributed by atoms with Crippen molar-refractivity contribution in [2.45, 2.75) is 46.0 Å². The number of ether oxygens (including phenoxy) is 1. The first kappa shape index (κ1) is 15.5.